The highest BCUT2D eigenvalue weighted by molar-refractivity contribution is 6.03. The Hall–Kier alpha value is -4.31. The van der Waals surface area contributed by atoms with E-state index in [0.717, 1.165) is 19.4 Å². The second-order valence-electron chi connectivity index (χ2n) is 12.2. The Morgan fingerprint density at radius 2 is 2.04 bits per heavy atom. The van der Waals surface area contributed by atoms with E-state index < -0.39 is 12.0 Å². The lowest BCUT2D eigenvalue weighted by Gasteiger charge is -2.31. The van der Waals surface area contributed by atoms with Gasteiger partial charge < -0.3 is 29.0 Å². The van der Waals surface area contributed by atoms with E-state index in [4.69, 9.17) is 40.3 Å². The third kappa shape index (κ3) is 5.22. The number of methoxy groups -OCH3 is 1. The molecule has 0 amide bonds. The van der Waals surface area contributed by atoms with Crippen molar-refractivity contribution in [1.29, 1.82) is 0 Å². The molecule has 0 bridgehead atoms. The highest BCUT2D eigenvalue weighted by Crippen LogP contribution is 2.43. The van der Waals surface area contributed by atoms with E-state index in [0.29, 0.717) is 63.9 Å². The van der Waals surface area contributed by atoms with Gasteiger partial charge in [0.05, 0.1) is 28.4 Å². The highest BCUT2D eigenvalue weighted by atomic mass is 19.1. The number of ether oxygens (including phenoxy) is 4. The molecular formula is C34H35F2N5O5. The monoisotopic (exact) mass is 631 g/mol. The maximum atomic E-state index is 15.0. The number of benzene rings is 2. The van der Waals surface area contributed by atoms with Crippen molar-refractivity contribution in [3.8, 4) is 41.2 Å². The first-order valence-corrected chi connectivity index (χ1v) is 15.4. The molecule has 12 heteroatoms. The number of rotatable bonds is 9. The molecule has 0 radical (unpaired) electrons. The van der Waals surface area contributed by atoms with Crippen LogP contribution in [0.5, 0.6) is 17.6 Å². The van der Waals surface area contributed by atoms with Gasteiger partial charge in [-0.2, -0.15) is 9.97 Å². The van der Waals surface area contributed by atoms with Gasteiger partial charge in [-0.3, -0.25) is 4.90 Å². The zero-order valence-corrected chi connectivity index (χ0v) is 25.8. The molecule has 1 N–H and O–H groups in total. The Kier molecular flexibility index (Phi) is 8.00. The summed E-state index contributed by atoms with van der Waals surface area (Å²) in [5.41, 5.74) is 1.14. The first kappa shape index (κ1) is 30.3. The second-order valence-corrected chi connectivity index (χ2v) is 12.2. The lowest BCUT2D eigenvalue weighted by Crippen LogP contribution is -2.43. The van der Waals surface area contributed by atoms with Crippen LogP contribution in [0.4, 0.5) is 14.6 Å². The minimum atomic E-state index is -0.888. The molecule has 2 saturated heterocycles. The summed E-state index contributed by atoms with van der Waals surface area (Å²) in [5.74, 6) is 3.27. The topological polar surface area (TPSA) is 102 Å². The number of fused-ring (bicyclic) bond motifs is 2. The molecule has 0 aliphatic carbocycles. The van der Waals surface area contributed by atoms with Gasteiger partial charge in [-0.25, -0.2) is 13.8 Å². The van der Waals surface area contributed by atoms with Crippen LogP contribution in [0.15, 0.2) is 30.3 Å². The molecule has 2 aromatic heterocycles. The van der Waals surface area contributed by atoms with Gasteiger partial charge in [0.2, 0.25) is 5.88 Å². The van der Waals surface area contributed by atoms with Crippen LogP contribution in [0.1, 0.15) is 31.2 Å². The highest BCUT2D eigenvalue weighted by Gasteiger charge is 2.49. The fourth-order valence-corrected chi connectivity index (χ4v) is 7.14. The number of aromatic nitrogens is 3. The molecule has 0 spiro atoms. The van der Waals surface area contributed by atoms with Gasteiger partial charge in [0.25, 0.3) is 0 Å². The zero-order chi connectivity index (χ0) is 32.0. The van der Waals surface area contributed by atoms with Crippen molar-refractivity contribution in [1.82, 2.24) is 19.9 Å². The summed E-state index contributed by atoms with van der Waals surface area (Å²) in [6.45, 7) is 1.71. The molecule has 3 aliphatic rings. The predicted molar refractivity (Wildman–Crippen MR) is 169 cm³/mol. The van der Waals surface area contributed by atoms with E-state index in [1.807, 2.05) is 11.9 Å². The standard InChI is InChI=1S/C34H35F2N5O5/c1-4-24-26(36)7-6-20-12-23(46-19-43-3)13-25(29(20)24)27-14-28-30-31(40(2)22(8-11-42)17-44-32(30)37-27)39-33(38-28)45-18-34-9-5-10-41(34)16-21(35)15-34/h1,6-7,12-14,21-22,42H,5,8-11,15-19H2,2-3H3/t21-,22+,34+/m1/s1. The average molecular weight is 632 g/mol. The van der Waals surface area contributed by atoms with Crippen LogP contribution >= 0.6 is 0 Å². The number of anilines is 1. The van der Waals surface area contributed by atoms with E-state index in [1.54, 1.807) is 24.3 Å². The summed E-state index contributed by atoms with van der Waals surface area (Å²) < 4.78 is 53.0. The minimum absolute atomic E-state index is 0.00554. The van der Waals surface area contributed by atoms with Crippen molar-refractivity contribution in [2.24, 2.45) is 0 Å². The molecule has 2 fully saturated rings. The van der Waals surface area contributed by atoms with Gasteiger partial charge in [0.15, 0.2) is 6.79 Å². The summed E-state index contributed by atoms with van der Waals surface area (Å²) in [7, 11) is 3.40. The number of hydrogen-bond acceptors (Lipinski definition) is 10. The predicted octanol–water partition coefficient (Wildman–Crippen LogP) is 4.48. The number of pyridine rings is 1. The molecule has 4 aromatic rings. The Balaban J connectivity index is 1.39. The third-order valence-electron chi connectivity index (χ3n) is 9.40. The maximum Gasteiger partial charge on any atom is 0.319 e. The van der Waals surface area contributed by atoms with Crippen LogP contribution in [0, 0.1) is 18.2 Å². The summed E-state index contributed by atoms with van der Waals surface area (Å²) in [6.07, 6.45) is 7.61. The van der Waals surface area contributed by atoms with Gasteiger partial charge in [-0.05, 0) is 55.5 Å². The fraction of sp³-hybridized carbons (Fsp3) is 0.441. The number of aliphatic hydroxyl groups is 1. The van der Waals surface area contributed by atoms with Gasteiger partial charge in [0.1, 0.15) is 42.2 Å². The maximum absolute atomic E-state index is 15.0. The smallest absolute Gasteiger partial charge is 0.319 e. The Morgan fingerprint density at radius 3 is 2.85 bits per heavy atom. The van der Waals surface area contributed by atoms with Gasteiger partial charge in [-0.15, -0.1) is 6.42 Å². The lowest BCUT2D eigenvalue weighted by molar-refractivity contribution is 0.0512. The Bertz CT molecular complexity index is 1850. The van der Waals surface area contributed by atoms with Crippen molar-refractivity contribution < 1.29 is 32.8 Å². The fourth-order valence-electron chi connectivity index (χ4n) is 7.14. The largest absolute Gasteiger partial charge is 0.475 e. The zero-order valence-electron chi connectivity index (χ0n) is 25.8. The van der Waals surface area contributed by atoms with Gasteiger partial charge in [0, 0.05) is 44.7 Å². The van der Waals surface area contributed by atoms with Crippen LogP contribution in [0.25, 0.3) is 32.9 Å². The molecule has 46 heavy (non-hydrogen) atoms. The van der Waals surface area contributed by atoms with Crippen LogP contribution < -0.4 is 19.1 Å². The Morgan fingerprint density at radius 1 is 1.17 bits per heavy atom. The number of aliphatic hydroxyl groups excluding tert-OH is 1. The quantitative estimate of drug-likeness (QED) is 0.210. The van der Waals surface area contributed by atoms with E-state index in [9.17, 15) is 9.50 Å². The van der Waals surface area contributed by atoms with Gasteiger partial charge >= 0.3 is 6.01 Å². The van der Waals surface area contributed by atoms with Crippen LogP contribution in [-0.2, 0) is 4.74 Å². The van der Waals surface area contributed by atoms with Crippen molar-refractivity contribution in [2.75, 3.05) is 58.8 Å². The Labute approximate surface area is 265 Å². The third-order valence-corrected chi connectivity index (χ3v) is 9.40. The number of likely N-dealkylation sites (N-methyl/N-ethyl adjacent to an activating group) is 1. The van der Waals surface area contributed by atoms with Crippen molar-refractivity contribution in [2.45, 2.75) is 43.4 Å². The summed E-state index contributed by atoms with van der Waals surface area (Å²) >= 11 is 0. The first-order chi connectivity index (χ1) is 22.3. The lowest BCUT2D eigenvalue weighted by atomic mass is 9.95. The molecule has 0 saturated carbocycles. The summed E-state index contributed by atoms with van der Waals surface area (Å²) in [5, 5.41) is 11.5. The normalized spacial score (nSPS) is 22.5. The molecule has 10 nitrogen and oxygen atoms in total. The van der Waals surface area contributed by atoms with E-state index in [-0.39, 0.29) is 55.6 Å². The number of terminal acetylenes is 1. The van der Waals surface area contributed by atoms with E-state index >= 15 is 4.39 Å². The SMILES string of the molecule is C#Cc1c(F)ccc2cc(OCOC)cc(-c3cc4nc(OC[C@@]56CCCN5C[C@H](F)C6)nc5c4c(n3)OC[C@H](CCO)N5C)c12. The number of alkyl halides is 1. The van der Waals surface area contributed by atoms with Crippen LogP contribution in [0.2, 0.25) is 0 Å². The number of nitrogens with zero attached hydrogens (tertiary/aromatic N) is 5. The molecule has 5 heterocycles. The van der Waals surface area contributed by atoms with Crippen LogP contribution in [0.3, 0.4) is 0 Å². The van der Waals surface area contributed by atoms with E-state index in [1.165, 1.54) is 13.2 Å². The summed E-state index contributed by atoms with van der Waals surface area (Å²) in [4.78, 5) is 18.6. The van der Waals surface area contributed by atoms with Gasteiger partial charge in [-0.1, -0.05) is 12.0 Å². The number of hydrogen-bond donors (Lipinski definition) is 1. The molecule has 7 rings (SSSR count). The van der Waals surface area contributed by atoms with Crippen molar-refractivity contribution >= 4 is 27.5 Å². The van der Waals surface area contributed by atoms with E-state index in [2.05, 4.69) is 10.8 Å². The first-order valence-electron chi connectivity index (χ1n) is 15.4. The molecule has 3 atom stereocenters. The molecule has 2 aromatic carbocycles. The number of halogens is 2. The average Bonchev–Trinajstić information content (AvgIpc) is 3.54. The summed E-state index contributed by atoms with van der Waals surface area (Å²) in [6, 6.07) is 8.17. The van der Waals surface area contributed by atoms with Crippen molar-refractivity contribution in [3.63, 3.8) is 0 Å². The molecule has 0 unspecified atom stereocenters. The van der Waals surface area contributed by atoms with Crippen LogP contribution in [-0.4, -0.2) is 96.6 Å². The molecular weight excluding hydrogens is 596 g/mol. The minimum Gasteiger partial charge on any atom is -0.475 e. The molecule has 240 valence electrons. The molecule has 3 aliphatic heterocycles. The van der Waals surface area contributed by atoms with Crippen molar-refractivity contribution in [3.05, 3.63) is 41.7 Å². The second kappa shape index (κ2) is 12.1.